The predicted octanol–water partition coefficient (Wildman–Crippen LogP) is 2.67. The molecule has 1 amide bonds. The van der Waals surface area contributed by atoms with Gasteiger partial charge in [0, 0.05) is 19.1 Å². The summed E-state index contributed by atoms with van der Waals surface area (Å²) in [5, 5.41) is 2.93. The van der Waals surface area contributed by atoms with E-state index in [9.17, 15) is 22.4 Å². The number of hydrogen-bond acceptors (Lipinski definition) is 2. The Labute approximate surface area is 119 Å². The van der Waals surface area contributed by atoms with Gasteiger partial charge >= 0.3 is 6.18 Å². The smallest absolute Gasteiger partial charge is 0.334 e. The minimum atomic E-state index is -4.81. The van der Waals surface area contributed by atoms with Gasteiger partial charge in [-0.1, -0.05) is 6.07 Å². The minimum Gasteiger partial charge on any atom is -0.334 e. The molecule has 1 aromatic rings. The number of hydrogen-bond donors (Lipinski definition) is 1. The van der Waals surface area contributed by atoms with Crippen molar-refractivity contribution in [3.05, 3.63) is 35.1 Å². The topological polar surface area (TPSA) is 32.3 Å². The lowest BCUT2D eigenvalue weighted by Crippen LogP contribution is -2.41. The van der Waals surface area contributed by atoms with Crippen molar-refractivity contribution in [3.63, 3.8) is 0 Å². The normalized spacial score (nSPS) is 19.1. The zero-order valence-electron chi connectivity index (χ0n) is 11.5. The Hall–Kier alpha value is -1.63. The average molecular weight is 304 g/mol. The molecule has 1 fully saturated rings. The first-order valence-electron chi connectivity index (χ1n) is 6.67. The van der Waals surface area contributed by atoms with E-state index in [1.807, 2.05) is 0 Å². The fraction of sp³-hybridized carbons (Fsp3) is 0.500. The summed E-state index contributed by atoms with van der Waals surface area (Å²) in [7, 11) is 1.73. The number of carbonyl (C=O) groups is 1. The number of halogens is 4. The highest BCUT2D eigenvalue weighted by molar-refractivity contribution is 5.95. The molecule has 7 heteroatoms. The Morgan fingerprint density at radius 3 is 2.76 bits per heavy atom. The molecule has 116 valence electrons. The van der Waals surface area contributed by atoms with E-state index < -0.39 is 29.0 Å². The maximum atomic E-state index is 14.0. The molecule has 1 N–H and O–H groups in total. The first-order valence-corrected chi connectivity index (χ1v) is 6.67. The van der Waals surface area contributed by atoms with Crippen LogP contribution >= 0.6 is 0 Å². The van der Waals surface area contributed by atoms with Crippen LogP contribution < -0.4 is 5.32 Å². The Bertz CT molecular complexity index is 530. The predicted molar refractivity (Wildman–Crippen MR) is 69.4 cm³/mol. The Balaban J connectivity index is 2.32. The maximum Gasteiger partial charge on any atom is 0.419 e. The highest BCUT2D eigenvalue weighted by atomic mass is 19.4. The third-order valence-corrected chi connectivity index (χ3v) is 3.61. The van der Waals surface area contributed by atoms with Crippen molar-refractivity contribution < 1.29 is 22.4 Å². The zero-order chi connectivity index (χ0) is 15.6. The molecule has 0 radical (unpaired) electrons. The molecule has 1 aliphatic heterocycles. The Morgan fingerprint density at radius 2 is 2.14 bits per heavy atom. The summed E-state index contributed by atoms with van der Waals surface area (Å²) in [5.74, 6) is -2.18. The lowest BCUT2D eigenvalue weighted by atomic mass is 10.1. The largest absolute Gasteiger partial charge is 0.419 e. The molecular formula is C14H16F4N2O. The molecule has 0 spiro atoms. The molecule has 1 unspecified atom stereocenters. The fourth-order valence-corrected chi connectivity index (χ4v) is 2.62. The van der Waals surface area contributed by atoms with Crippen LogP contribution in [0.1, 0.15) is 28.8 Å². The highest BCUT2D eigenvalue weighted by Gasteiger charge is 2.37. The Morgan fingerprint density at radius 1 is 1.43 bits per heavy atom. The number of likely N-dealkylation sites (tertiary alicyclic amines) is 1. The number of nitrogens with zero attached hydrogens (tertiary/aromatic N) is 1. The first kappa shape index (κ1) is 15.8. The number of amides is 1. The van der Waals surface area contributed by atoms with Crippen LogP contribution in [0.3, 0.4) is 0 Å². The lowest BCUT2D eigenvalue weighted by molar-refractivity contribution is -0.140. The minimum absolute atomic E-state index is 0.114. The second-order valence-corrected chi connectivity index (χ2v) is 5.02. The maximum absolute atomic E-state index is 14.0. The van der Waals surface area contributed by atoms with E-state index in [1.165, 1.54) is 4.90 Å². The number of carbonyl (C=O) groups excluding carboxylic acids is 1. The van der Waals surface area contributed by atoms with Gasteiger partial charge < -0.3 is 10.2 Å². The number of rotatable bonds is 3. The van der Waals surface area contributed by atoms with Gasteiger partial charge in [-0.3, -0.25) is 4.79 Å². The SMILES string of the molecule is CNCC1CCCN1C(=O)c1cccc(C(F)(F)F)c1F. The van der Waals surface area contributed by atoms with E-state index in [0.717, 1.165) is 25.0 Å². The summed E-state index contributed by atoms with van der Waals surface area (Å²) in [6, 6.07) is 2.68. The number of benzene rings is 1. The third-order valence-electron chi connectivity index (χ3n) is 3.61. The van der Waals surface area contributed by atoms with Crippen molar-refractivity contribution in [1.29, 1.82) is 0 Å². The molecule has 1 aliphatic rings. The monoisotopic (exact) mass is 304 g/mol. The highest BCUT2D eigenvalue weighted by Crippen LogP contribution is 2.33. The van der Waals surface area contributed by atoms with Gasteiger partial charge in [-0.05, 0) is 32.0 Å². The summed E-state index contributed by atoms with van der Waals surface area (Å²) in [6.45, 7) is 0.965. The van der Waals surface area contributed by atoms with Gasteiger partial charge in [0.05, 0.1) is 11.1 Å². The molecule has 1 atom stereocenters. The quantitative estimate of drug-likeness (QED) is 0.871. The molecule has 21 heavy (non-hydrogen) atoms. The van der Waals surface area contributed by atoms with E-state index in [4.69, 9.17) is 0 Å². The van der Waals surface area contributed by atoms with E-state index >= 15 is 0 Å². The van der Waals surface area contributed by atoms with Crippen LogP contribution in [0.15, 0.2) is 18.2 Å². The van der Waals surface area contributed by atoms with Crippen LogP contribution in [0.2, 0.25) is 0 Å². The van der Waals surface area contributed by atoms with Crippen molar-refractivity contribution in [2.75, 3.05) is 20.1 Å². The summed E-state index contributed by atoms with van der Waals surface area (Å²) in [6.07, 6.45) is -3.29. The van der Waals surface area contributed by atoms with Crippen LogP contribution in [-0.2, 0) is 6.18 Å². The van der Waals surface area contributed by atoms with Gasteiger partial charge in [0.1, 0.15) is 5.82 Å². The zero-order valence-corrected chi connectivity index (χ0v) is 11.5. The summed E-state index contributed by atoms with van der Waals surface area (Å²) in [4.78, 5) is 13.8. The lowest BCUT2D eigenvalue weighted by Gasteiger charge is -2.25. The van der Waals surface area contributed by atoms with Gasteiger partial charge in [-0.25, -0.2) is 4.39 Å². The second kappa shape index (κ2) is 6.01. The van der Waals surface area contributed by atoms with E-state index in [0.29, 0.717) is 19.2 Å². The van der Waals surface area contributed by atoms with E-state index in [1.54, 1.807) is 7.05 Å². The van der Waals surface area contributed by atoms with E-state index in [-0.39, 0.29) is 6.04 Å². The van der Waals surface area contributed by atoms with Crippen LogP contribution in [0.4, 0.5) is 17.6 Å². The van der Waals surface area contributed by atoms with Gasteiger partial charge in [0.2, 0.25) is 0 Å². The van der Waals surface area contributed by atoms with Crippen molar-refractivity contribution in [2.24, 2.45) is 0 Å². The molecular weight excluding hydrogens is 288 g/mol. The average Bonchev–Trinajstić information content (AvgIpc) is 2.85. The van der Waals surface area contributed by atoms with Gasteiger partial charge in [0.25, 0.3) is 5.91 Å². The van der Waals surface area contributed by atoms with Crippen LogP contribution in [-0.4, -0.2) is 37.0 Å². The van der Waals surface area contributed by atoms with Crippen molar-refractivity contribution >= 4 is 5.91 Å². The molecule has 0 bridgehead atoms. The molecule has 3 nitrogen and oxygen atoms in total. The Kier molecular flexibility index (Phi) is 4.51. The van der Waals surface area contributed by atoms with Gasteiger partial charge in [-0.15, -0.1) is 0 Å². The van der Waals surface area contributed by atoms with Crippen LogP contribution in [0, 0.1) is 5.82 Å². The summed E-state index contributed by atoms with van der Waals surface area (Å²) >= 11 is 0. The van der Waals surface area contributed by atoms with Gasteiger partial charge in [-0.2, -0.15) is 13.2 Å². The molecule has 1 heterocycles. The fourth-order valence-electron chi connectivity index (χ4n) is 2.62. The van der Waals surface area contributed by atoms with Crippen LogP contribution in [0.5, 0.6) is 0 Å². The van der Waals surface area contributed by atoms with Crippen LogP contribution in [0.25, 0.3) is 0 Å². The molecule has 1 aromatic carbocycles. The van der Waals surface area contributed by atoms with Crippen molar-refractivity contribution in [3.8, 4) is 0 Å². The summed E-state index contributed by atoms with van der Waals surface area (Å²) < 4.78 is 52.1. The second-order valence-electron chi connectivity index (χ2n) is 5.02. The number of alkyl halides is 3. The molecule has 1 saturated heterocycles. The molecule has 0 saturated carbocycles. The number of nitrogens with one attached hydrogen (secondary N) is 1. The summed E-state index contributed by atoms with van der Waals surface area (Å²) in [5.41, 5.74) is -1.93. The van der Waals surface area contributed by atoms with Crippen molar-refractivity contribution in [2.45, 2.75) is 25.1 Å². The third kappa shape index (κ3) is 3.18. The first-order chi connectivity index (χ1) is 9.86. The molecule has 0 aromatic heterocycles. The standard InChI is InChI=1S/C14H16F4N2O/c1-19-8-9-4-3-7-20(9)13(21)10-5-2-6-11(12(10)15)14(16,17)18/h2,5-6,9,19H,3-4,7-8H2,1H3. The number of likely N-dealkylation sites (N-methyl/N-ethyl adjacent to an activating group) is 1. The molecule has 2 rings (SSSR count). The van der Waals surface area contributed by atoms with E-state index in [2.05, 4.69) is 5.32 Å². The van der Waals surface area contributed by atoms with Gasteiger partial charge in [0.15, 0.2) is 0 Å². The van der Waals surface area contributed by atoms with Crippen molar-refractivity contribution in [1.82, 2.24) is 10.2 Å². The molecule has 0 aliphatic carbocycles.